The number of halogens is 4. The van der Waals surface area contributed by atoms with Gasteiger partial charge in [-0.3, -0.25) is 0 Å². The van der Waals surface area contributed by atoms with Crippen molar-refractivity contribution < 1.29 is 13.2 Å². The largest absolute Gasteiger partial charge is 0.417 e. The Morgan fingerprint density at radius 3 is 2.38 bits per heavy atom. The SMILES string of the molecule is N#Cc1c(C(F)(F)F)cc(-c2cccs2)nc1-c1ccc(Br)cc1. The zero-order valence-corrected chi connectivity index (χ0v) is 14.3. The molecule has 0 saturated heterocycles. The second kappa shape index (κ2) is 6.38. The van der Waals surface area contributed by atoms with Gasteiger partial charge in [-0.15, -0.1) is 11.3 Å². The van der Waals surface area contributed by atoms with Crippen LogP contribution in [0.25, 0.3) is 21.8 Å². The first kappa shape index (κ1) is 16.7. The fraction of sp³-hybridized carbons (Fsp3) is 0.0588. The summed E-state index contributed by atoms with van der Waals surface area (Å²) >= 11 is 4.58. The van der Waals surface area contributed by atoms with E-state index in [2.05, 4.69) is 20.9 Å². The van der Waals surface area contributed by atoms with Crippen molar-refractivity contribution in [2.45, 2.75) is 6.18 Å². The van der Waals surface area contributed by atoms with Gasteiger partial charge in [0.1, 0.15) is 6.07 Å². The summed E-state index contributed by atoms with van der Waals surface area (Å²) in [5.41, 5.74) is -0.748. The monoisotopic (exact) mass is 408 g/mol. The maximum absolute atomic E-state index is 13.4. The van der Waals surface area contributed by atoms with Gasteiger partial charge in [-0.2, -0.15) is 18.4 Å². The molecule has 0 spiro atoms. The van der Waals surface area contributed by atoms with Gasteiger partial charge >= 0.3 is 6.18 Å². The Kier molecular flexibility index (Phi) is 4.43. The highest BCUT2D eigenvalue weighted by atomic mass is 79.9. The zero-order chi connectivity index (χ0) is 17.3. The summed E-state index contributed by atoms with van der Waals surface area (Å²) in [6, 6.07) is 12.7. The summed E-state index contributed by atoms with van der Waals surface area (Å²) < 4.78 is 41.1. The highest BCUT2D eigenvalue weighted by Gasteiger charge is 2.36. The predicted octanol–water partition coefficient (Wildman–Crippen LogP) is 6.13. The predicted molar refractivity (Wildman–Crippen MR) is 90.4 cm³/mol. The van der Waals surface area contributed by atoms with Crippen molar-refractivity contribution in [2.75, 3.05) is 0 Å². The van der Waals surface area contributed by atoms with Gasteiger partial charge in [0, 0.05) is 10.0 Å². The van der Waals surface area contributed by atoms with Gasteiger partial charge < -0.3 is 0 Å². The van der Waals surface area contributed by atoms with Crippen molar-refractivity contribution in [1.29, 1.82) is 5.26 Å². The smallest absolute Gasteiger partial charge is 0.246 e. The van der Waals surface area contributed by atoms with Gasteiger partial charge in [0.25, 0.3) is 0 Å². The molecule has 7 heteroatoms. The fourth-order valence-corrected chi connectivity index (χ4v) is 3.20. The number of rotatable bonds is 2. The highest BCUT2D eigenvalue weighted by Crippen LogP contribution is 2.39. The maximum atomic E-state index is 13.4. The molecule has 2 aromatic heterocycles. The van der Waals surface area contributed by atoms with E-state index in [1.807, 2.05) is 0 Å². The van der Waals surface area contributed by atoms with Crippen LogP contribution in [0.15, 0.2) is 52.3 Å². The molecule has 0 atom stereocenters. The first-order chi connectivity index (χ1) is 11.4. The summed E-state index contributed by atoms with van der Waals surface area (Å²) in [7, 11) is 0. The van der Waals surface area contributed by atoms with E-state index in [4.69, 9.17) is 0 Å². The van der Waals surface area contributed by atoms with Crippen LogP contribution in [0.5, 0.6) is 0 Å². The van der Waals surface area contributed by atoms with Crippen LogP contribution in [-0.4, -0.2) is 4.98 Å². The van der Waals surface area contributed by atoms with Crippen molar-refractivity contribution in [1.82, 2.24) is 4.98 Å². The van der Waals surface area contributed by atoms with E-state index in [1.165, 1.54) is 11.3 Å². The third kappa shape index (κ3) is 3.21. The Morgan fingerprint density at radius 1 is 1.12 bits per heavy atom. The molecule has 0 unspecified atom stereocenters. The number of pyridine rings is 1. The average Bonchev–Trinajstić information content (AvgIpc) is 3.08. The third-order valence-corrected chi connectivity index (χ3v) is 4.75. The lowest BCUT2D eigenvalue weighted by Gasteiger charge is -2.14. The number of hydrogen-bond donors (Lipinski definition) is 0. The molecule has 0 bridgehead atoms. The summed E-state index contributed by atoms with van der Waals surface area (Å²) in [4.78, 5) is 4.95. The lowest BCUT2D eigenvalue weighted by molar-refractivity contribution is -0.137. The lowest BCUT2D eigenvalue weighted by Crippen LogP contribution is -2.10. The van der Waals surface area contributed by atoms with Crippen LogP contribution < -0.4 is 0 Å². The van der Waals surface area contributed by atoms with E-state index >= 15 is 0 Å². The van der Waals surface area contributed by atoms with Crippen LogP contribution in [0.2, 0.25) is 0 Å². The van der Waals surface area contributed by atoms with E-state index < -0.39 is 17.3 Å². The molecule has 0 saturated carbocycles. The summed E-state index contributed by atoms with van der Waals surface area (Å²) in [5, 5.41) is 11.1. The van der Waals surface area contributed by atoms with E-state index in [0.717, 1.165) is 10.5 Å². The average molecular weight is 409 g/mol. The van der Waals surface area contributed by atoms with Gasteiger partial charge in [-0.05, 0) is 29.6 Å². The number of nitriles is 1. The topological polar surface area (TPSA) is 36.7 Å². The maximum Gasteiger partial charge on any atom is 0.417 e. The lowest BCUT2D eigenvalue weighted by atomic mass is 10.00. The molecule has 0 amide bonds. The van der Waals surface area contributed by atoms with Crippen molar-refractivity contribution in [3.05, 3.63) is 63.4 Å². The molecule has 120 valence electrons. The summed E-state index contributed by atoms with van der Waals surface area (Å²) in [5.74, 6) is 0. The van der Waals surface area contributed by atoms with Crippen LogP contribution in [0, 0.1) is 11.3 Å². The third-order valence-electron chi connectivity index (χ3n) is 3.33. The van der Waals surface area contributed by atoms with Gasteiger partial charge in [-0.1, -0.05) is 34.1 Å². The first-order valence-corrected chi connectivity index (χ1v) is 8.39. The van der Waals surface area contributed by atoms with Crippen LogP contribution >= 0.6 is 27.3 Å². The van der Waals surface area contributed by atoms with Crippen molar-refractivity contribution in [2.24, 2.45) is 0 Å². The Hall–Kier alpha value is -2.17. The molecule has 2 nitrogen and oxygen atoms in total. The Labute approximate surface area is 148 Å². The van der Waals surface area contributed by atoms with Gasteiger partial charge in [0.05, 0.1) is 27.4 Å². The van der Waals surface area contributed by atoms with E-state index in [-0.39, 0.29) is 11.4 Å². The standard InChI is InChI=1S/C17H8BrF3N2S/c18-11-5-3-10(4-6-11)16-12(9-22)13(17(19,20)21)8-14(23-16)15-2-1-7-24-15/h1-8H. The number of alkyl halides is 3. The quantitative estimate of drug-likeness (QED) is 0.511. The minimum absolute atomic E-state index is 0.0308. The Balaban J connectivity index is 2.32. The fourth-order valence-electron chi connectivity index (χ4n) is 2.25. The molecular formula is C17H8BrF3N2S. The van der Waals surface area contributed by atoms with Gasteiger partial charge in [0.15, 0.2) is 0 Å². The molecular weight excluding hydrogens is 401 g/mol. The minimum Gasteiger partial charge on any atom is -0.246 e. The number of hydrogen-bond acceptors (Lipinski definition) is 3. The van der Waals surface area contributed by atoms with E-state index in [0.29, 0.717) is 10.4 Å². The molecule has 3 rings (SSSR count). The molecule has 2 heterocycles. The minimum atomic E-state index is -4.63. The second-order valence-corrected chi connectivity index (χ2v) is 6.74. The number of benzene rings is 1. The summed E-state index contributed by atoms with van der Waals surface area (Å²) in [6.45, 7) is 0. The number of aromatic nitrogens is 1. The van der Waals surface area contributed by atoms with E-state index in [1.54, 1.807) is 47.8 Å². The van der Waals surface area contributed by atoms with Crippen LogP contribution in [0.4, 0.5) is 13.2 Å². The van der Waals surface area contributed by atoms with Crippen molar-refractivity contribution in [3.8, 4) is 27.9 Å². The summed E-state index contributed by atoms with van der Waals surface area (Å²) in [6.07, 6.45) is -4.63. The molecule has 1 aromatic carbocycles. The molecule has 0 aliphatic carbocycles. The number of nitrogens with zero attached hydrogens (tertiary/aromatic N) is 2. The zero-order valence-electron chi connectivity index (χ0n) is 11.9. The van der Waals surface area contributed by atoms with Crippen molar-refractivity contribution in [3.63, 3.8) is 0 Å². The first-order valence-electron chi connectivity index (χ1n) is 6.72. The van der Waals surface area contributed by atoms with Gasteiger partial charge in [0.2, 0.25) is 0 Å². The second-order valence-electron chi connectivity index (χ2n) is 4.87. The molecule has 0 aliphatic rings. The molecule has 24 heavy (non-hydrogen) atoms. The Bertz CT molecular complexity index is 911. The molecule has 0 fully saturated rings. The van der Waals surface area contributed by atoms with Gasteiger partial charge in [-0.25, -0.2) is 4.98 Å². The molecule has 0 radical (unpaired) electrons. The molecule has 3 aromatic rings. The normalized spacial score (nSPS) is 11.3. The number of thiophene rings is 1. The molecule has 0 N–H and O–H groups in total. The molecule has 0 aliphatic heterocycles. The van der Waals surface area contributed by atoms with Crippen molar-refractivity contribution >= 4 is 27.3 Å². The highest BCUT2D eigenvalue weighted by molar-refractivity contribution is 9.10. The van der Waals surface area contributed by atoms with Crippen LogP contribution in [-0.2, 0) is 6.18 Å². The Morgan fingerprint density at radius 2 is 1.83 bits per heavy atom. The van der Waals surface area contributed by atoms with Crippen LogP contribution in [0.1, 0.15) is 11.1 Å². The van der Waals surface area contributed by atoms with Crippen LogP contribution in [0.3, 0.4) is 0 Å². The van der Waals surface area contributed by atoms with E-state index in [9.17, 15) is 18.4 Å².